The van der Waals surface area contributed by atoms with Gasteiger partial charge in [0.15, 0.2) is 0 Å². The summed E-state index contributed by atoms with van der Waals surface area (Å²) in [6, 6.07) is 27.4. The molecule has 1 saturated heterocycles. The minimum absolute atomic E-state index is 0.00317. The number of likely N-dealkylation sites (tertiary alicyclic amines) is 1. The van der Waals surface area contributed by atoms with Crippen LogP contribution >= 0.6 is 0 Å². The van der Waals surface area contributed by atoms with E-state index in [9.17, 15) is 14.7 Å². The zero-order valence-electron chi connectivity index (χ0n) is 20.3. The van der Waals surface area contributed by atoms with Crippen molar-refractivity contribution in [2.24, 2.45) is 0 Å². The van der Waals surface area contributed by atoms with Gasteiger partial charge < -0.3 is 19.3 Å². The first-order valence-corrected chi connectivity index (χ1v) is 12.3. The molecule has 3 atom stereocenters. The smallest absolute Gasteiger partial charge is 0.302 e. The topological polar surface area (TPSA) is 71.8 Å². The first-order valence-electron chi connectivity index (χ1n) is 12.3. The van der Waals surface area contributed by atoms with Crippen LogP contribution in [-0.2, 0) is 20.9 Å². The van der Waals surface area contributed by atoms with Gasteiger partial charge in [-0.25, -0.2) is 0 Å². The van der Waals surface area contributed by atoms with Crippen LogP contribution in [0.1, 0.15) is 48.4 Å². The molecule has 0 spiro atoms. The lowest BCUT2D eigenvalue weighted by molar-refractivity contribution is -0.160. The SMILES string of the molecule is CC(=O)OC[C@@H](c1ccccc1)N1C(=O)CC(c2cn(Cc3ccccc3)c3ccccc23)C[C@H]1O. The third kappa shape index (κ3) is 4.90. The monoisotopic (exact) mass is 482 g/mol. The van der Waals surface area contributed by atoms with Crippen LogP contribution in [0.3, 0.4) is 0 Å². The second-order valence-electron chi connectivity index (χ2n) is 9.36. The number of benzene rings is 3. The van der Waals surface area contributed by atoms with Crippen molar-refractivity contribution in [1.82, 2.24) is 9.47 Å². The molecule has 0 bridgehead atoms. The molecule has 3 aromatic carbocycles. The maximum absolute atomic E-state index is 13.5. The van der Waals surface area contributed by atoms with Gasteiger partial charge in [-0.15, -0.1) is 0 Å². The van der Waals surface area contributed by atoms with Crippen molar-refractivity contribution in [3.05, 3.63) is 108 Å². The molecule has 5 rings (SSSR count). The lowest BCUT2D eigenvalue weighted by atomic mass is 9.86. The molecule has 2 heterocycles. The molecule has 0 radical (unpaired) electrons. The van der Waals surface area contributed by atoms with Crippen molar-refractivity contribution >= 4 is 22.8 Å². The Morgan fingerprint density at radius 2 is 1.67 bits per heavy atom. The van der Waals surface area contributed by atoms with E-state index in [1.54, 1.807) is 0 Å². The molecule has 1 aliphatic heterocycles. The Labute approximate surface area is 210 Å². The van der Waals surface area contributed by atoms with Gasteiger partial charge in [0.25, 0.3) is 0 Å². The predicted octanol–water partition coefficient (Wildman–Crippen LogP) is 5.02. The van der Waals surface area contributed by atoms with Gasteiger partial charge in [0, 0.05) is 37.0 Å². The molecule has 1 aromatic heterocycles. The number of carbonyl (C=O) groups excluding carboxylic acids is 2. The molecule has 36 heavy (non-hydrogen) atoms. The van der Waals surface area contributed by atoms with E-state index in [-0.39, 0.29) is 24.9 Å². The zero-order chi connectivity index (χ0) is 25.1. The molecule has 0 aliphatic carbocycles. The van der Waals surface area contributed by atoms with Crippen LogP contribution in [0, 0.1) is 0 Å². The minimum Gasteiger partial charge on any atom is -0.463 e. The second-order valence-corrected chi connectivity index (χ2v) is 9.36. The molecule has 1 aliphatic rings. The van der Waals surface area contributed by atoms with E-state index in [0.717, 1.165) is 28.6 Å². The summed E-state index contributed by atoms with van der Waals surface area (Å²) in [5.41, 5.74) is 4.21. The number of para-hydroxylation sites is 1. The number of aliphatic hydroxyl groups is 1. The highest BCUT2D eigenvalue weighted by Gasteiger charge is 2.39. The number of aliphatic hydroxyl groups excluding tert-OH is 1. The molecule has 6 heteroatoms. The third-order valence-electron chi connectivity index (χ3n) is 6.95. The van der Waals surface area contributed by atoms with Crippen molar-refractivity contribution < 1.29 is 19.4 Å². The van der Waals surface area contributed by atoms with E-state index in [0.29, 0.717) is 6.42 Å². The molecular formula is C30H30N2O4. The molecule has 1 unspecified atom stereocenters. The molecule has 6 nitrogen and oxygen atoms in total. The van der Waals surface area contributed by atoms with E-state index in [1.807, 2.05) is 60.7 Å². The van der Waals surface area contributed by atoms with Gasteiger partial charge in [-0.1, -0.05) is 78.9 Å². The Morgan fingerprint density at radius 3 is 2.36 bits per heavy atom. The average molecular weight is 483 g/mol. The third-order valence-corrected chi connectivity index (χ3v) is 6.95. The normalized spacial score (nSPS) is 18.8. The van der Waals surface area contributed by atoms with Crippen molar-refractivity contribution in [1.29, 1.82) is 0 Å². The summed E-state index contributed by atoms with van der Waals surface area (Å²) >= 11 is 0. The molecule has 1 N–H and O–H groups in total. The maximum atomic E-state index is 13.5. The Hall–Kier alpha value is -3.90. The van der Waals surface area contributed by atoms with Crippen LogP contribution < -0.4 is 0 Å². The number of carbonyl (C=O) groups is 2. The Bertz CT molecular complexity index is 1350. The Kier molecular flexibility index (Phi) is 6.87. The van der Waals surface area contributed by atoms with Crippen molar-refractivity contribution in [3.8, 4) is 0 Å². The number of rotatable bonds is 7. The lowest BCUT2D eigenvalue weighted by Gasteiger charge is -2.41. The van der Waals surface area contributed by atoms with Gasteiger partial charge in [0.1, 0.15) is 12.8 Å². The molecule has 1 amide bonds. The number of ether oxygens (including phenoxy) is 1. The van der Waals surface area contributed by atoms with Crippen LogP contribution in [-0.4, -0.2) is 39.3 Å². The summed E-state index contributed by atoms with van der Waals surface area (Å²) in [6.07, 6.45) is 1.83. The first kappa shape index (κ1) is 23.8. The number of nitrogens with zero attached hydrogens (tertiary/aromatic N) is 2. The highest BCUT2D eigenvalue weighted by molar-refractivity contribution is 5.86. The van der Waals surface area contributed by atoms with Crippen LogP contribution in [0.15, 0.2) is 91.1 Å². The summed E-state index contributed by atoms with van der Waals surface area (Å²) in [4.78, 5) is 26.5. The van der Waals surface area contributed by atoms with Gasteiger partial charge in [-0.05, 0) is 35.1 Å². The number of esters is 1. The zero-order valence-corrected chi connectivity index (χ0v) is 20.3. The number of piperidine rings is 1. The largest absolute Gasteiger partial charge is 0.463 e. The van der Waals surface area contributed by atoms with Gasteiger partial charge in [0.05, 0.1) is 6.04 Å². The van der Waals surface area contributed by atoms with E-state index < -0.39 is 18.2 Å². The molecule has 184 valence electrons. The summed E-state index contributed by atoms with van der Waals surface area (Å²) in [5, 5.41) is 12.3. The summed E-state index contributed by atoms with van der Waals surface area (Å²) < 4.78 is 7.51. The fraction of sp³-hybridized carbons (Fsp3) is 0.267. The van der Waals surface area contributed by atoms with Crippen molar-refractivity contribution in [3.63, 3.8) is 0 Å². The predicted molar refractivity (Wildman–Crippen MR) is 138 cm³/mol. The summed E-state index contributed by atoms with van der Waals surface area (Å²) in [6.45, 7) is 2.08. The van der Waals surface area contributed by atoms with Crippen LogP contribution in [0.25, 0.3) is 10.9 Å². The van der Waals surface area contributed by atoms with Crippen LogP contribution in [0.2, 0.25) is 0 Å². The van der Waals surface area contributed by atoms with E-state index in [4.69, 9.17) is 4.74 Å². The number of hydrogen-bond donors (Lipinski definition) is 1. The van der Waals surface area contributed by atoms with E-state index in [1.165, 1.54) is 17.4 Å². The van der Waals surface area contributed by atoms with Crippen molar-refractivity contribution in [2.75, 3.05) is 6.61 Å². The lowest BCUT2D eigenvalue weighted by Crippen LogP contribution is -2.49. The van der Waals surface area contributed by atoms with Gasteiger partial charge >= 0.3 is 5.97 Å². The fourth-order valence-electron chi connectivity index (χ4n) is 5.27. The quantitative estimate of drug-likeness (QED) is 0.376. The van der Waals surface area contributed by atoms with Gasteiger partial charge in [-0.3, -0.25) is 9.59 Å². The van der Waals surface area contributed by atoms with Crippen LogP contribution in [0.5, 0.6) is 0 Å². The summed E-state index contributed by atoms with van der Waals surface area (Å²) in [5.74, 6) is -0.686. The maximum Gasteiger partial charge on any atom is 0.302 e. The molecular weight excluding hydrogens is 452 g/mol. The number of aromatic nitrogens is 1. The standard InChI is InChI=1S/C30H30N2O4/c1-21(33)36-20-28(23-12-6-3-7-13-23)32-29(34)16-24(17-30(32)35)26-19-31(18-22-10-4-2-5-11-22)27-15-9-8-14-25(26)27/h2-15,19,24,28-29,34H,16-18,20H2,1H3/t24?,28-,29+/m0/s1. The Balaban J connectivity index is 1.43. The van der Waals surface area contributed by atoms with Gasteiger partial charge in [-0.2, -0.15) is 0 Å². The fourth-order valence-corrected chi connectivity index (χ4v) is 5.27. The Morgan fingerprint density at radius 1 is 1.00 bits per heavy atom. The van der Waals surface area contributed by atoms with E-state index >= 15 is 0 Å². The molecule has 1 fully saturated rings. The number of fused-ring (bicyclic) bond motifs is 1. The summed E-state index contributed by atoms with van der Waals surface area (Å²) in [7, 11) is 0. The molecule has 0 saturated carbocycles. The number of amides is 1. The second kappa shape index (κ2) is 10.4. The highest BCUT2D eigenvalue weighted by atomic mass is 16.5. The molecule has 4 aromatic rings. The number of hydrogen-bond acceptors (Lipinski definition) is 4. The van der Waals surface area contributed by atoms with E-state index in [2.05, 4.69) is 35.0 Å². The first-order chi connectivity index (χ1) is 17.5. The highest BCUT2D eigenvalue weighted by Crippen LogP contribution is 2.39. The van der Waals surface area contributed by atoms with Crippen LogP contribution in [0.4, 0.5) is 0 Å². The van der Waals surface area contributed by atoms with Gasteiger partial charge in [0.2, 0.25) is 5.91 Å². The average Bonchev–Trinajstić information content (AvgIpc) is 3.25. The minimum atomic E-state index is -0.992. The van der Waals surface area contributed by atoms with Crippen molar-refractivity contribution in [2.45, 2.75) is 44.5 Å².